The van der Waals surface area contributed by atoms with E-state index >= 15 is 0 Å². The molecule has 0 saturated carbocycles. The van der Waals surface area contributed by atoms with Crippen LogP contribution in [0, 0.1) is 0 Å². The number of hydrogen-bond donors (Lipinski definition) is 2. The molecule has 172 valence electrons. The molecule has 0 aliphatic carbocycles. The van der Waals surface area contributed by atoms with Crippen LogP contribution >= 0.6 is 50.6 Å². The Morgan fingerprint density at radius 1 is 0.912 bits per heavy atom. The van der Waals surface area contributed by atoms with Gasteiger partial charge in [-0.25, -0.2) is 4.98 Å². The summed E-state index contributed by atoms with van der Waals surface area (Å²) in [4.78, 5) is 30.0. The summed E-state index contributed by atoms with van der Waals surface area (Å²) < 4.78 is 1.00. The van der Waals surface area contributed by atoms with Crippen LogP contribution in [0.15, 0.2) is 87.5 Å². The molecular formula is C25H19BrClN3O2S2. The first-order valence-corrected chi connectivity index (χ1v) is 13.3. The standard InChI is InChI=1S/C25H19BrClN3O2S2/c26-18-5-3-17(4-6-18)22-14-34-25(29-22)30-24(32)15-33-21-11-9-20(10-12-21)28-23(31)13-16-1-7-19(27)8-2-16/h1-12,14H,13,15H2,(H,28,31)(H,29,30,32). The number of thiazole rings is 1. The van der Waals surface area contributed by atoms with Crippen molar-refractivity contribution in [3.8, 4) is 11.3 Å². The van der Waals surface area contributed by atoms with Crippen molar-refractivity contribution in [1.82, 2.24) is 4.98 Å². The van der Waals surface area contributed by atoms with Gasteiger partial charge in [-0.15, -0.1) is 23.1 Å². The van der Waals surface area contributed by atoms with E-state index in [2.05, 4.69) is 31.5 Å². The zero-order valence-electron chi connectivity index (χ0n) is 17.8. The van der Waals surface area contributed by atoms with E-state index in [-0.39, 0.29) is 24.0 Å². The SMILES string of the molecule is O=C(Cc1ccc(Cl)cc1)Nc1ccc(SCC(=O)Nc2nc(-c3ccc(Br)cc3)cs2)cc1. The van der Waals surface area contributed by atoms with E-state index in [0.717, 1.165) is 26.2 Å². The molecule has 1 aromatic heterocycles. The highest BCUT2D eigenvalue weighted by Gasteiger charge is 2.10. The quantitative estimate of drug-likeness (QED) is 0.220. The van der Waals surface area contributed by atoms with Crippen molar-refractivity contribution in [2.24, 2.45) is 0 Å². The van der Waals surface area contributed by atoms with Crippen LogP contribution < -0.4 is 10.6 Å². The first-order valence-electron chi connectivity index (χ1n) is 10.2. The van der Waals surface area contributed by atoms with Gasteiger partial charge in [0.05, 0.1) is 17.9 Å². The minimum atomic E-state index is -0.123. The second-order valence-corrected chi connectivity index (χ2v) is 10.5. The van der Waals surface area contributed by atoms with Crippen molar-refractivity contribution >= 4 is 73.3 Å². The largest absolute Gasteiger partial charge is 0.326 e. The molecule has 0 spiro atoms. The molecule has 4 aromatic rings. The van der Waals surface area contributed by atoms with Crippen molar-refractivity contribution in [3.05, 3.63) is 93.2 Å². The molecule has 0 radical (unpaired) electrons. The van der Waals surface area contributed by atoms with Crippen LogP contribution in [0.3, 0.4) is 0 Å². The van der Waals surface area contributed by atoms with Crippen LogP contribution in [0.25, 0.3) is 11.3 Å². The third kappa shape index (κ3) is 7.17. The lowest BCUT2D eigenvalue weighted by Gasteiger charge is -2.07. The summed E-state index contributed by atoms with van der Waals surface area (Å²) in [7, 11) is 0. The Labute approximate surface area is 219 Å². The van der Waals surface area contributed by atoms with Crippen LogP contribution in [0.2, 0.25) is 5.02 Å². The Morgan fingerprint density at radius 2 is 1.62 bits per heavy atom. The third-order valence-corrected chi connectivity index (χ3v) is 7.23. The first-order chi connectivity index (χ1) is 16.4. The van der Waals surface area contributed by atoms with Gasteiger partial charge in [0, 0.05) is 31.0 Å². The van der Waals surface area contributed by atoms with Crippen LogP contribution in [0.5, 0.6) is 0 Å². The van der Waals surface area contributed by atoms with Crippen molar-refractivity contribution in [2.75, 3.05) is 16.4 Å². The van der Waals surface area contributed by atoms with Gasteiger partial charge in [-0.3, -0.25) is 9.59 Å². The number of rotatable bonds is 8. The van der Waals surface area contributed by atoms with E-state index in [1.165, 1.54) is 23.1 Å². The second-order valence-electron chi connectivity index (χ2n) is 7.26. The molecule has 0 aliphatic heterocycles. The topological polar surface area (TPSA) is 71.1 Å². The Bertz CT molecular complexity index is 1280. The number of thioether (sulfide) groups is 1. The number of amides is 2. The molecule has 0 aliphatic rings. The lowest BCUT2D eigenvalue weighted by molar-refractivity contribution is -0.115. The molecule has 0 unspecified atom stereocenters. The van der Waals surface area contributed by atoms with E-state index in [0.29, 0.717) is 15.8 Å². The summed E-state index contributed by atoms with van der Waals surface area (Å²) in [6, 6.07) is 22.5. The molecule has 2 amide bonds. The average molecular weight is 573 g/mol. The van der Waals surface area contributed by atoms with Gasteiger partial charge in [0.15, 0.2) is 5.13 Å². The van der Waals surface area contributed by atoms with Gasteiger partial charge in [0.1, 0.15) is 0 Å². The minimum absolute atomic E-state index is 0.104. The molecule has 2 N–H and O–H groups in total. The summed E-state index contributed by atoms with van der Waals surface area (Å²) in [5, 5.41) is 8.87. The van der Waals surface area contributed by atoms with Gasteiger partial charge in [-0.1, -0.05) is 51.8 Å². The number of anilines is 2. The van der Waals surface area contributed by atoms with Gasteiger partial charge in [0.2, 0.25) is 11.8 Å². The lowest BCUT2D eigenvalue weighted by Crippen LogP contribution is -2.14. The monoisotopic (exact) mass is 571 g/mol. The smallest absolute Gasteiger partial charge is 0.236 e. The fraction of sp³-hybridized carbons (Fsp3) is 0.0800. The van der Waals surface area contributed by atoms with Gasteiger partial charge < -0.3 is 10.6 Å². The molecular weight excluding hydrogens is 554 g/mol. The molecule has 5 nitrogen and oxygen atoms in total. The van der Waals surface area contributed by atoms with E-state index < -0.39 is 0 Å². The Kier molecular flexibility index (Phi) is 8.39. The number of nitrogens with zero attached hydrogens (tertiary/aromatic N) is 1. The number of carbonyl (C=O) groups is 2. The number of aromatic nitrogens is 1. The van der Waals surface area contributed by atoms with Crippen LogP contribution in [0.4, 0.5) is 10.8 Å². The molecule has 3 aromatic carbocycles. The highest BCUT2D eigenvalue weighted by atomic mass is 79.9. The maximum Gasteiger partial charge on any atom is 0.236 e. The van der Waals surface area contributed by atoms with Crippen LogP contribution in [0.1, 0.15) is 5.56 Å². The normalized spacial score (nSPS) is 10.6. The van der Waals surface area contributed by atoms with E-state index in [1.54, 1.807) is 12.1 Å². The van der Waals surface area contributed by atoms with E-state index in [9.17, 15) is 9.59 Å². The number of nitrogens with one attached hydrogen (secondary N) is 2. The molecule has 4 rings (SSSR count). The fourth-order valence-electron chi connectivity index (χ4n) is 3.02. The number of carbonyl (C=O) groups excluding carboxylic acids is 2. The molecule has 0 atom stereocenters. The summed E-state index contributed by atoms with van der Waals surface area (Å²) in [5.74, 6) is 0.0326. The van der Waals surface area contributed by atoms with Gasteiger partial charge in [0.25, 0.3) is 0 Å². The zero-order valence-corrected chi connectivity index (χ0v) is 21.7. The number of halogens is 2. The van der Waals surface area contributed by atoms with Gasteiger partial charge in [-0.05, 0) is 54.1 Å². The molecule has 0 bridgehead atoms. The molecule has 1 heterocycles. The van der Waals surface area contributed by atoms with Crippen molar-refractivity contribution < 1.29 is 9.59 Å². The van der Waals surface area contributed by atoms with E-state index in [1.807, 2.05) is 66.0 Å². The second kappa shape index (κ2) is 11.7. The minimum Gasteiger partial charge on any atom is -0.326 e. The Morgan fingerprint density at radius 3 is 2.32 bits per heavy atom. The number of hydrogen-bond acceptors (Lipinski definition) is 5. The van der Waals surface area contributed by atoms with Crippen LogP contribution in [-0.4, -0.2) is 22.6 Å². The Balaban J connectivity index is 1.24. The summed E-state index contributed by atoms with van der Waals surface area (Å²) in [6.07, 6.45) is 0.272. The number of benzene rings is 3. The third-order valence-electron chi connectivity index (χ3n) is 4.68. The summed E-state index contributed by atoms with van der Waals surface area (Å²) in [5.41, 5.74) is 3.42. The first kappa shape index (κ1) is 24.5. The molecule has 0 saturated heterocycles. The predicted octanol–water partition coefficient (Wildman–Crippen LogP) is 7.14. The average Bonchev–Trinajstić information content (AvgIpc) is 3.29. The fourth-order valence-corrected chi connectivity index (χ4v) is 4.84. The highest BCUT2D eigenvalue weighted by molar-refractivity contribution is 9.10. The maximum absolute atomic E-state index is 12.3. The van der Waals surface area contributed by atoms with Crippen molar-refractivity contribution in [2.45, 2.75) is 11.3 Å². The highest BCUT2D eigenvalue weighted by Crippen LogP contribution is 2.27. The molecule has 34 heavy (non-hydrogen) atoms. The molecule has 0 fully saturated rings. The summed E-state index contributed by atoms with van der Waals surface area (Å²) >= 11 is 12.1. The van der Waals surface area contributed by atoms with Gasteiger partial charge in [-0.2, -0.15) is 0 Å². The van der Waals surface area contributed by atoms with Crippen LogP contribution in [-0.2, 0) is 16.0 Å². The molecule has 9 heteroatoms. The predicted molar refractivity (Wildman–Crippen MR) is 145 cm³/mol. The maximum atomic E-state index is 12.3. The van der Waals surface area contributed by atoms with Crippen molar-refractivity contribution in [3.63, 3.8) is 0 Å². The summed E-state index contributed by atoms with van der Waals surface area (Å²) in [6.45, 7) is 0. The Hall–Kier alpha value is -2.65. The zero-order chi connectivity index (χ0) is 23.9. The van der Waals surface area contributed by atoms with E-state index in [4.69, 9.17) is 11.6 Å². The lowest BCUT2D eigenvalue weighted by atomic mass is 10.1. The van der Waals surface area contributed by atoms with Crippen molar-refractivity contribution in [1.29, 1.82) is 0 Å². The van der Waals surface area contributed by atoms with Gasteiger partial charge >= 0.3 is 0 Å².